The number of esters is 2. The van der Waals surface area contributed by atoms with E-state index in [9.17, 15) is 33.6 Å². The van der Waals surface area contributed by atoms with Crippen molar-refractivity contribution in [2.45, 2.75) is 218 Å². The van der Waals surface area contributed by atoms with Crippen molar-refractivity contribution in [2.24, 2.45) is 0 Å². The van der Waals surface area contributed by atoms with E-state index < -0.39 is 13.7 Å². The zero-order chi connectivity index (χ0) is 99.1. The number of rotatable bonds is 39. The van der Waals surface area contributed by atoms with E-state index in [0.717, 1.165) is 305 Å². The second-order valence-corrected chi connectivity index (χ2v) is 38.6. The molecule has 0 bridgehead atoms. The molecule has 142 heavy (non-hydrogen) atoms. The summed E-state index contributed by atoms with van der Waals surface area (Å²) in [5, 5.41) is 31.4. The minimum absolute atomic E-state index is 0.0328. The first-order valence-corrected chi connectivity index (χ1v) is 52.4. The average molecular weight is 1930 g/mol. The van der Waals surface area contributed by atoms with E-state index in [1.165, 1.54) is 74.8 Å². The molecule has 0 fully saturated rings. The number of anilines is 5. The number of methoxy groups -OCH3 is 1. The van der Waals surface area contributed by atoms with Gasteiger partial charge in [0.2, 0.25) is 0 Å². The number of aliphatic hydroxyl groups is 1. The smallest absolute Gasteiger partial charge is 0.337 e. The molecular weight excluding hydrogens is 1800 g/mol. The third-order valence-electron chi connectivity index (χ3n) is 25.5. The van der Waals surface area contributed by atoms with E-state index in [2.05, 4.69) is 164 Å². The van der Waals surface area contributed by atoms with Crippen molar-refractivity contribution in [3.63, 3.8) is 0 Å². The molecule has 0 spiro atoms. The lowest BCUT2D eigenvalue weighted by Crippen LogP contribution is -2.14. The van der Waals surface area contributed by atoms with Crippen LogP contribution in [0.5, 0.6) is 0 Å². The number of ketones is 2. The van der Waals surface area contributed by atoms with Crippen LogP contribution in [0.25, 0.3) is 55.8 Å². The Hall–Kier alpha value is -13.5. The van der Waals surface area contributed by atoms with Gasteiger partial charge in [-0.3, -0.25) is 48.5 Å². The molecule has 26 heteroatoms. The molecule has 0 radical (unpaired) electrons. The molecule has 5 aliphatic rings. The number of ether oxygens (including phenoxy) is 2. The Labute approximate surface area is 835 Å². The van der Waals surface area contributed by atoms with Gasteiger partial charge in [0.25, 0.3) is 0 Å². The van der Waals surface area contributed by atoms with Crippen molar-refractivity contribution in [1.29, 1.82) is 0 Å². The fourth-order valence-corrected chi connectivity index (χ4v) is 18.5. The van der Waals surface area contributed by atoms with Gasteiger partial charge in [0.05, 0.1) is 48.3 Å². The van der Waals surface area contributed by atoms with Crippen LogP contribution in [0.3, 0.4) is 0 Å². The Kier molecular flexibility index (Phi) is 42.8. The van der Waals surface area contributed by atoms with Crippen molar-refractivity contribution in [1.82, 2.24) is 44.9 Å². The van der Waals surface area contributed by atoms with Crippen molar-refractivity contribution in [3.05, 3.63) is 310 Å². The molecule has 0 amide bonds. The summed E-state index contributed by atoms with van der Waals surface area (Å²) in [5.41, 5.74) is 19.6. The SMILES string of the molecule is CCOC(=O)CC(/C=C/CCCCc1ccc2c(n1)NCCC2)c1cnc2ccccc2c1.COC(=O)CCCCc1ccc2c(n1)NCCC2.COP(=O)(CC(=O)CCCCc1ccc2c(n1)NCCC2)OC.O=C(/C=C/c1cnc2ccccc2c1)CCCCc1ccc2c(n1)NCCC2.O=Cc1cnc2ccccc2c1.OC(/C=C/c1cnc2ccccc2c1)CCCCc1ccc2c(n1)NCCC2. The number of allylic oxidation sites excluding steroid dienone is 3. The molecular formula is C116H137N14O11P. The number of hydrogen-bond acceptors (Lipinski definition) is 25. The second kappa shape index (κ2) is 57.5. The minimum atomic E-state index is -3.23. The van der Waals surface area contributed by atoms with Crippen LogP contribution in [0, 0.1) is 0 Å². The topological polar surface area (TPSA) is 336 Å². The monoisotopic (exact) mass is 1930 g/mol. The maximum absolute atomic E-state index is 12.2. The van der Waals surface area contributed by atoms with Gasteiger partial charge in [-0.1, -0.05) is 134 Å². The number of para-hydroxylation sites is 4. The molecule has 13 aromatic rings. The molecule has 9 aromatic heterocycles. The van der Waals surface area contributed by atoms with Crippen molar-refractivity contribution >= 4 is 122 Å². The summed E-state index contributed by atoms with van der Waals surface area (Å²) in [6.07, 6.45) is 48.2. The van der Waals surface area contributed by atoms with Gasteiger partial charge >= 0.3 is 19.5 Å². The highest BCUT2D eigenvalue weighted by Gasteiger charge is 2.26. The number of fused-ring (bicyclic) bond motifs is 9. The quantitative estimate of drug-likeness (QED) is 0.00520. The average Bonchev–Trinajstić information content (AvgIpc) is 0.820. The number of nitrogens with one attached hydrogen (secondary N) is 5. The Morgan fingerprint density at radius 3 is 1.20 bits per heavy atom. The first-order valence-electron chi connectivity index (χ1n) is 50.7. The second-order valence-electron chi connectivity index (χ2n) is 36.3. The van der Waals surface area contributed by atoms with E-state index in [1.54, 1.807) is 12.3 Å². The molecule has 2 atom stereocenters. The van der Waals surface area contributed by atoms with Gasteiger partial charge in [0.15, 0.2) is 12.1 Å². The molecule has 742 valence electrons. The number of aldehydes is 1. The molecule has 0 aliphatic carbocycles. The van der Waals surface area contributed by atoms with E-state index in [-0.39, 0.29) is 35.6 Å². The normalized spacial score (nSPS) is 13.7. The van der Waals surface area contributed by atoms with Crippen LogP contribution in [0.1, 0.15) is 231 Å². The summed E-state index contributed by atoms with van der Waals surface area (Å²) in [6.45, 7) is 7.30. The van der Waals surface area contributed by atoms with Crippen LogP contribution in [-0.4, -0.2) is 153 Å². The molecule has 0 saturated carbocycles. The highest BCUT2D eigenvalue weighted by Crippen LogP contribution is 2.46. The van der Waals surface area contributed by atoms with Gasteiger partial charge < -0.3 is 50.2 Å². The highest BCUT2D eigenvalue weighted by atomic mass is 31.2. The Morgan fingerprint density at radius 2 is 0.789 bits per heavy atom. The molecule has 25 nitrogen and oxygen atoms in total. The number of carbonyl (C=O) groups excluding carboxylic acids is 5. The first kappa shape index (κ1) is 106. The van der Waals surface area contributed by atoms with E-state index >= 15 is 0 Å². The Balaban J connectivity index is 0.000000146. The summed E-state index contributed by atoms with van der Waals surface area (Å²) in [6, 6.07) is 61.5. The summed E-state index contributed by atoms with van der Waals surface area (Å²) in [7, 11) is 0.800. The summed E-state index contributed by atoms with van der Waals surface area (Å²) >= 11 is 0. The van der Waals surface area contributed by atoms with E-state index in [0.29, 0.717) is 37.9 Å². The maximum Gasteiger partial charge on any atom is 0.337 e. The molecule has 0 saturated heterocycles. The number of carbonyl (C=O) groups is 5. The summed E-state index contributed by atoms with van der Waals surface area (Å²) < 4.78 is 31.3. The molecule has 5 aliphatic heterocycles. The van der Waals surface area contributed by atoms with Crippen LogP contribution >= 0.6 is 7.60 Å². The van der Waals surface area contributed by atoms with Crippen molar-refractivity contribution in [3.8, 4) is 0 Å². The van der Waals surface area contributed by atoms with Gasteiger partial charge in [0, 0.05) is 152 Å². The molecule has 14 heterocycles. The summed E-state index contributed by atoms with van der Waals surface area (Å²) in [4.78, 5) is 98.6. The highest BCUT2D eigenvalue weighted by molar-refractivity contribution is 7.54. The fraction of sp³-hybridized carbons (Fsp3) is 0.379. The van der Waals surface area contributed by atoms with E-state index in [1.807, 2.05) is 135 Å². The number of benzene rings is 4. The number of aryl methyl sites for hydroxylation is 10. The summed E-state index contributed by atoms with van der Waals surface area (Å²) in [5.74, 6) is 4.98. The van der Waals surface area contributed by atoms with Gasteiger partial charge in [-0.05, 0) is 309 Å². The van der Waals surface area contributed by atoms with Gasteiger partial charge in [-0.2, -0.15) is 0 Å². The standard InChI is InChI=1S/C28H33N3O2.C24H27N3O.C24H25N3O.C16H25N2O4P.C14H20N2O2.C10H7NO/c1-2-33-27(32)19-22(24-18-23-11-7-8-14-26(23)30-20-24)10-5-3-4-6-13-25-16-15-21-12-9-17-29-28(21)31-25;2*28-22(14-11-18-16-20-6-1-4-10-23(20)26-17-18)9-3-2-8-21-13-12-19-7-5-15-25-24(19)27-21;1-21-23(20,22-2)12-15(19)8-4-3-7-14-10-9-13-6-5-11-17-16(13)18-14;1-18-13(17)7-3-2-6-12-9-8-11-5-4-10-15-14(11)16-12;12-7-8-5-9-3-1-2-4-10(9)11-6-8/h5,7-8,10-11,14-16,18,20,22H,2-4,6,9,12-13,17,19H2,1H3,(H,29,31);1,4,6,10-14,16-17,22,28H,2-3,5,7-9,15H2,(H,25,27);1,4,6,10-14,16-17H,2-3,5,7-9,15H2,(H,25,27);9-10H,3-8,11-12H2,1-2H3,(H,17,18);8-9H,2-7,10H2,1H3,(H,15,16);1-7H/b10-5+;2*14-11+;;;. The molecule has 4 aromatic carbocycles. The number of aliphatic hydroxyl groups excluding tert-OH is 1. The van der Waals surface area contributed by atoms with Gasteiger partial charge in [-0.15, -0.1) is 0 Å². The van der Waals surface area contributed by atoms with Crippen molar-refractivity contribution < 1.29 is 52.2 Å². The van der Waals surface area contributed by atoms with Crippen molar-refractivity contribution in [2.75, 3.05) is 93.4 Å². The zero-order valence-corrected chi connectivity index (χ0v) is 83.6. The number of nitrogens with zero attached hydrogens (tertiary/aromatic N) is 9. The maximum atomic E-state index is 12.2. The fourth-order valence-electron chi connectivity index (χ4n) is 17.5. The van der Waals surface area contributed by atoms with Gasteiger partial charge in [0.1, 0.15) is 41.0 Å². The predicted octanol–water partition coefficient (Wildman–Crippen LogP) is 23.3. The van der Waals surface area contributed by atoms with Crippen LogP contribution in [-0.2, 0) is 106 Å². The number of aromatic nitrogens is 9. The number of pyridine rings is 9. The van der Waals surface area contributed by atoms with Crippen LogP contribution < -0.4 is 26.6 Å². The lowest BCUT2D eigenvalue weighted by Gasteiger charge is -2.17. The Bertz CT molecular complexity index is 6440. The molecule has 6 N–H and O–H groups in total. The Morgan fingerprint density at radius 1 is 0.415 bits per heavy atom. The predicted molar refractivity (Wildman–Crippen MR) is 571 cm³/mol. The number of unbranched alkanes of at least 4 members (excludes halogenated alkanes) is 6. The zero-order valence-electron chi connectivity index (χ0n) is 82.7. The third kappa shape index (κ3) is 34.8. The molecule has 18 rings (SSSR count). The van der Waals surface area contributed by atoms with Gasteiger partial charge in [-0.25, -0.2) is 24.9 Å². The number of Topliss-reactive ketones (excluding diaryl/α,β-unsaturated/α-hetero) is 1. The lowest BCUT2D eigenvalue weighted by molar-refractivity contribution is -0.143. The van der Waals surface area contributed by atoms with Crippen LogP contribution in [0.4, 0.5) is 29.1 Å². The third-order valence-corrected chi connectivity index (χ3v) is 27.4. The van der Waals surface area contributed by atoms with Crippen LogP contribution in [0.2, 0.25) is 0 Å². The van der Waals surface area contributed by atoms with E-state index in [4.69, 9.17) is 28.7 Å². The largest absolute Gasteiger partial charge is 0.469 e. The minimum Gasteiger partial charge on any atom is -0.469 e. The molecule has 2 unspecified atom stereocenters. The van der Waals surface area contributed by atoms with Crippen LogP contribution in [0.15, 0.2) is 231 Å². The number of hydrogen-bond donors (Lipinski definition) is 6. The first-order chi connectivity index (χ1) is 69.5. The lowest BCUT2D eigenvalue weighted by atomic mass is 9.95.